The molecule has 124 valence electrons. The van der Waals surface area contributed by atoms with Crippen LogP contribution >= 0.6 is 0 Å². The Balaban J connectivity index is 2.21. The molecule has 1 aromatic heterocycles. The zero-order chi connectivity index (χ0) is 17.0. The van der Waals surface area contributed by atoms with Gasteiger partial charge < -0.3 is 15.2 Å². The first kappa shape index (κ1) is 16.8. The van der Waals surface area contributed by atoms with Crippen molar-refractivity contribution in [1.82, 2.24) is 15.2 Å². The van der Waals surface area contributed by atoms with Crippen molar-refractivity contribution >= 4 is 11.9 Å². The van der Waals surface area contributed by atoms with E-state index in [2.05, 4.69) is 20.5 Å². The van der Waals surface area contributed by atoms with Gasteiger partial charge in [-0.1, -0.05) is 13.8 Å². The van der Waals surface area contributed by atoms with Crippen molar-refractivity contribution in [3.8, 4) is 22.9 Å². The molecule has 8 heteroatoms. The number of anilines is 1. The Morgan fingerprint density at radius 1 is 1.30 bits per heavy atom. The zero-order valence-electron chi connectivity index (χ0n) is 13.6. The second kappa shape index (κ2) is 7.10. The molecule has 0 aliphatic rings. The normalized spacial score (nSPS) is 12.1. The predicted molar refractivity (Wildman–Crippen MR) is 86.4 cm³/mol. The lowest BCUT2D eigenvalue weighted by atomic mass is 10.1. The largest absolute Gasteiger partial charge is 0.497 e. The number of hydrogen-bond acceptors (Lipinski definition) is 6. The van der Waals surface area contributed by atoms with Gasteiger partial charge >= 0.3 is 0 Å². The van der Waals surface area contributed by atoms with Crippen molar-refractivity contribution in [3.05, 3.63) is 18.2 Å². The molecule has 2 aromatic rings. The number of nitrogens with one attached hydrogen (secondary N) is 2. The van der Waals surface area contributed by atoms with Crippen LogP contribution in [0.1, 0.15) is 13.8 Å². The van der Waals surface area contributed by atoms with Crippen LogP contribution in [0.3, 0.4) is 0 Å². The van der Waals surface area contributed by atoms with E-state index >= 15 is 0 Å². The van der Waals surface area contributed by atoms with E-state index in [0.717, 1.165) is 0 Å². The Labute approximate surface area is 134 Å². The van der Waals surface area contributed by atoms with Gasteiger partial charge in [-0.25, -0.2) is 0 Å². The summed E-state index contributed by atoms with van der Waals surface area (Å²) in [6.07, 6.45) is 0. The number of ether oxygens (including phenoxy) is 2. The molecular weight excluding hydrogens is 298 g/mol. The minimum atomic E-state index is -0.618. The highest BCUT2D eigenvalue weighted by Gasteiger charge is 2.19. The van der Waals surface area contributed by atoms with Gasteiger partial charge in [0.25, 0.3) is 0 Å². The topological polar surface area (TPSA) is 115 Å². The van der Waals surface area contributed by atoms with E-state index in [-0.39, 0.29) is 17.8 Å². The molecule has 0 spiro atoms. The third-order valence-corrected chi connectivity index (χ3v) is 3.41. The molecule has 1 aromatic carbocycles. The maximum atomic E-state index is 11.9. The Hall–Kier alpha value is -2.61. The van der Waals surface area contributed by atoms with Gasteiger partial charge in [0.2, 0.25) is 11.9 Å². The minimum absolute atomic E-state index is 0.0232. The summed E-state index contributed by atoms with van der Waals surface area (Å²) in [5.74, 6) is 1.58. The monoisotopic (exact) mass is 319 g/mol. The molecular formula is C15H21N5O3. The smallest absolute Gasteiger partial charge is 0.249 e. The first-order chi connectivity index (χ1) is 11.0. The number of nitrogens with zero attached hydrogens (tertiary/aromatic N) is 2. The van der Waals surface area contributed by atoms with Gasteiger partial charge in [0.05, 0.1) is 25.8 Å². The number of amides is 1. The van der Waals surface area contributed by atoms with Crippen molar-refractivity contribution in [2.45, 2.75) is 19.9 Å². The highest BCUT2D eigenvalue weighted by molar-refractivity contribution is 5.93. The van der Waals surface area contributed by atoms with Crippen LogP contribution in [0.5, 0.6) is 11.5 Å². The van der Waals surface area contributed by atoms with Crippen molar-refractivity contribution in [3.63, 3.8) is 0 Å². The molecule has 0 aliphatic carbocycles. The standard InChI is InChI=1S/C15H21N5O3/c1-8(2)12(16)14(21)18-15-17-13(19-20-15)10-6-5-9(22-3)7-11(10)23-4/h5-8,12H,16H2,1-4H3,(H2,17,18,19,20,21)/t12-/m0/s1. The van der Waals surface area contributed by atoms with E-state index in [0.29, 0.717) is 22.9 Å². The fourth-order valence-corrected chi connectivity index (χ4v) is 1.93. The number of methoxy groups -OCH3 is 2. The molecule has 0 radical (unpaired) electrons. The van der Waals surface area contributed by atoms with Crippen LogP contribution in [0, 0.1) is 5.92 Å². The summed E-state index contributed by atoms with van der Waals surface area (Å²) in [7, 11) is 3.13. The van der Waals surface area contributed by atoms with E-state index in [1.165, 1.54) is 0 Å². The average molecular weight is 319 g/mol. The van der Waals surface area contributed by atoms with Gasteiger partial charge in [-0.15, -0.1) is 5.10 Å². The predicted octanol–water partition coefficient (Wildman–Crippen LogP) is 1.41. The van der Waals surface area contributed by atoms with Crippen molar-refractivity contribution in [2.75, 3.05) is 19.5 Å². The average Bonchev–Trinajstić information content (AvgIpc) is 3.01. The molecule has 1 atom stereocenters. The van der Waals surface area contributed by atoms with Crippen molar-refractivity contribution < 1.29 is 14.3 Å². The van der Waals surface area contributed by atoms with Crippen LogP contribution in [0.15, 0.2) is 18.2 Å². The molecule has 1 heterocycles. The number of hydrogen-bond donors (Lipinski definition) is 3. The number of carbonyl (C=O) groups is 1. The summed E-state index contributed by atoms with van der Waals surface area (Å²) in [4.78, 5) is 16.2. The van der Waals surface area contributed by atoms with Crippen LogP contribution in [0.4, 0.5) is 5.95 Å². The molecule has 8 nitrogen and oxygen atoms in total. The maximum Gasteiger partial charge on any atom is 0.249 e. The molecule has 0 aliphatic heterocycles. The third kappa shape index (κ3) is 3.78. The summed E-state index contributed by atoms with van der Waals surface area (Å²) in [5, 5.41) is 9.34. The molecule has 23 heavy (non-hydrogen) atoms. The lowest BCUT2D eigenvalue weighted by Gasteiger charge is -2.13. The molecule has 4 N–H and O–H groups in total. The molecule has 0 bridgehead atoms. The van der Waals surface area contributed by atoms with Gasteiger partial charge in [0.1, 0.15) is 11.5 Å². The first-order valence-electron chi connectivity index (χ1n) is 7.17. The molecule has 0 saturated carbocycles. The molecule has 0 fully saturated rings. The second-order valence-electron chi connectivity index (χ2n) is 5.33. The number of carbonyl (C=O) groups excluding carboxylic acids is 1. The zero-order valence-corrected chi connectivity index (χ0v) is 13.6. The fraction of sp³-hybridized carbons (Fsp3) is 0.400. The summed E-state index contributed by atoms with van der Waals surface area (Å²) in [5.41, 5.74) is 6.49. The molecule has 0 saturated heterocycles. The Morgan fingerprint density at radius 2 is 2.04 bits per heavy atom. The van der Waals surface area contributed by atoms with E-state index in [1.54, 1.807) is 32.4 Å². The summed E-state index contributed by atoms with van der Waals surface area (Å²) in [6, 6.07) is 4.70. The summed E-state index contributed by atoms with van der Waals surface area (Å²) < 4.78 is 10.5. The maximum absolute atomic E-state index is 11.9. The van der Waals surface area contributed by atoms with Gasteiger partial charge in [-0.3, -0.25) is 15.2 Å². The minimum Gasteiger partial charge on any atom is -0.497 e. The van der Waals surface area contributed by atoms with Crippen LogP contribution in [-0.2, 0) is 4.79 Å². The quantitative estimate of drug-likeness (QED) is 0.741. The Kier molecular flexibility index (Phi) is 5.17. The van der Waals surface area contributed by atoms with E-state index in [1.807, 2.05) is 13.8 Å². The van der Waals surface area contributed by atoms with Crippen LogP contribution in [-0.4, -0.2) is 41.3 Å². The van der Waals surface area contributed by atoms with E-state index in [4.69, 9.17) is 15.2 Å². The van der Waals surface area contributed by atoms with Gasteiger partial charge in [-0.05, 0) is 18.1 Å². The summed E-state index contributed by atoms with van der Waals surface area (Å²) in [6.45, 7) is 3.74. The lowest BCUT2D eigenvalue weighted by Crippen LogP contribution is -2.40. The SMILES string of the molecule is COc1ccc(-c2nc(NC(=O)[C@@H](N)C(C)C)n[nH]2)c(OC)c1. The van der Waals surface area contributed by atoms with Gasteiger partial charge in [-0.2, -0.15) is 4.98 Å². The van der Waals surface area contributed by atoms with Crippen molar-refractivity contribution in [2.24, 2.45) is 11.7 Å². The molecule has 2 rings (SSSR count). The highest BCUT2D eigenvalue weighted by Crippen LogP contribution is 2.31. The molecule has 1 amide bonds. The van der Waals surface area contributed by atoms with Crippen LogP contribution < -0.4 is 20.5 Å². The van der Waals surface area contributed by atoms with E-state index in [9.17, 15) is 4.79 Å². The lowest BCUT2D eigenvalue weighted by molar-refractivity contribution is -0.118. The van der Waals surface area contributed by atoms with Gasteiger partial charge in [0, 0.05) is 6.07 Å². The number of benzene rings is 1. The fourth-order valence-electron chi connectivity index (χ4n) is 1.93. The third-order valence-electron chi connectivity index (χ3n) is 3.41. The number of aromatic nitrogens is 3. The molecule has 0 unspecified atom stereocenters. The van der Waals surface area contributed by atoms with Crippen LogP contribution in [0.2, 0.25) is 0 Å². The first-order valence-corrected chi connectivity index (χ1v) is 7.17. The number of aromatic amines is 1. The highest BCUT2D eigenvalue weighted by atomic mass is 16.5. The second-order valence-corrected chi connectivity index (χ2v) is 5.33. The Morgan fingerprint density at radius 3 is 2.65 bits per heavy atom. The number of rotatable bonds is 6. The summed E-state index contributed by atoms with van der Waals surface area (Å²) >= 11 is 0. The number of nitrogens with two attached hydrogens (primary N) is 1. The Bertz CT molecular complexity index is 684. The van der Waals surface area contributed by atoms with Gasteiger partial charge in [0.15, 0.2) is 5.82 Å². The van der Waals surface area contributed by atoms with Crippen LogP contribution in [0.25, 0.3) is 11.4 Å². The number of H-pyrrole nitrogens is 1. The van der Waals surface area contributed by atoms with Crippen molar-refractivity contribution in [1.29, 1.82) is 0 Å². The van der Waals surface area contributed by atoms with E-state index < -0.39 is 6.04 Å².